The van der Waals surface area contributed by atoms with Crippen LogP contribution < -0.4 is 5.32 Å². The third kappa shape index (κ3) is 3.89. The molecule has 0 aromatic heterocycles. The van der Waals surface area contributed by atoms with Crippen LogP contribution in [0.3, 0.4) is 0 Å². The van der Waals surface area contributed by atoms with Gasteiger partial charge in [0, 0.05) is 5.56 Å². The van der Waals surface area contributed by atoms with E-state index in [1.807, 2.05) is 42.5 Å². The van der Waals surface area contributed by atoms with Gasteiger partial charge in [-0.2, -0.15) is 12.6 Å². The molecule has 2 N–H and O–H groups in total. The average Bonchev–Trinajstić information content (AvgIpc) is 2.55. The summed E-state index contributed by atoms with van der Waals surface area (Å²) in [5.74, 6) is -1.06. The fourth-order valence-corrected chi connectivity index (χ4v) is 2.43. The van der Waals surface area contributed by atoms with Crippen molar-refractivity contribution in [3.05, 3.63) is 60.2 Å². The summed E-state index contributed by atoms with van der Waals surface area (Å²) in [6, 6.07) is 15.7. The number of carbonyl (C=O) groups is 2. The fraction of sp³-hybridized carbons (Fsp3) is 0.176. The Morgan fingerprint density at radius 2 is 1.68 bits per heavy atom. The summed E-state index contributed by atoms with van der Waals surface area (Å²) in [6.07, 6.45) is 0.275. The molecule has 1 amide bonds. The molecule has 0 fully saturated rings. The van der Waals surface area contributed by atoms with Gasteiger partial charge in [0.15, 0.2) is 0 Å². The highest BCUT2D eigenvalue weighted by atomic mass is 32.1. The number of carboxylic acid groups (broad SMARTS) is 1. The van der Waals surface area contributed by atoms with Crippen LogP contribution in [0.25, 0.3) is 11.1 Å². The maximum Gasteiger partial charge on any atom is 0.326 e. The number of aliphatic carboxylic acids is 1. The zero-order valence-corrected chi connectivity index (χ0v) is 12.8. The SMILES string of the molecule is O=C(N[C@@H](CCS)C(=O)O)c1ccccc1-c1ccccc1. The van der Waals surface area contributed by atoms with Crippen LogP contribution in [0, 0.1) is 0 Å². The number of carboxylic acids is 1. The van der Waals surface area contributed by atoms with Gasteiger partial charge in [-0.25, -0.2) is 4.79 Å². The van der Waals surface area contributed by atoms with Crippen LogP contribution >= 0.6 is 12.6 Å². The third-order valence-electron chi connectivity index (χ3n) is 3.28. The molecule has 0 aliphatic heterocycles. The third-order valence-corrected chi connectivity index (χ3v) is 3.54. The summed E-state index contributed by atoms with van der Waals surface area (Å²) >= 11 is 4.03. The standard InChI is InChI=1S/C17H17NO3S/c19-16(18-15(10-11-22)17(20)21)14-9-5-4-8-13(14)12-6-2-1-3-7-12/h1-9,15,22H,10-11H2,(H,18,19)(H,20,21)/t15-/m0/s1. The zero-order chi connectivity index (χ0) is 15.9. The maximum absolute atomic E-state index is 12.4. The number of carbonyl (C=O) groups excluding carboxylic acids is 1. The van der Waals surface area contributed by atoms with E-state index in [4.69, 9.17) is 5.11 Å². The van der Waals surface area contributed by atoms with Gasteiger partial charge < -0.3 is 10.4 Å². The Bertz CT molecular complexity index is 658. The van der Waals surface area contributed by atoms with E-state index in [0.717, 1.165) is 11.1 Å². The lowest BCUT2D eigenvalue weighted by atomic mass is 9.99. The lowest BCUT2D eigenvalue weighted by Gasteiger charge is -2.15. The second-order valence-corrected chi connectivity index (χ2v) is 5.24. The van der Waals surface area contributed by atoms with Crippen LogP contribution in [0.15, 0.2) is 54.6 Å². The molecule has 114 valence electrons. The van der Waals surface area contributed by atoms with Crippen molar-refractivity contribution >= 4 is 24.5 Å². The molecule has 0 aliphatic carbocycles. The Morgan fingerprint density at radius 3 is 2.32 bits per heavy atom. The van der Waals surface area contributed by atoms with Crippen molar-refractivity contribution in [2.24, 2.45) is 0 Å². The number of amides is 1. The highest BCUT2D eigenvalue weighted by Gasteiger charge is 2.21. The first-order valence-corrected chi connectivity index (χ1v) is 7.55. The van der Waals surface area contributed by atoms with Gasteiger partial charge in [0.1, 0.15) is 6.04 Å². The smallest absolute Gasteiger partial charge is 0.326 e. The van der Waals surface area contributed by atoms with E-state index in [2.05, 4.69) is 17.9 Å². The first-order valence-electron chi connectivity index (χ1n) is 6.92. The van der Waals surface area contributed by atoms with Crippen LogP contribution in [0.2, 0.25) is 0 Å². The first kappa shape index (κ1) is 16.1. The Morgan fingerprint density at radius 1 is 1.05 bits per heavy atom. The van der Waals surface area contributed by atoms with Crippen molar-refractivity contribution in [1.82, 2.24) is 5.32 Å². The number of hydrogen-bond acceptors (Lipinski definition) is 3. The quantitative estimate of drug-likeness (QED) is 0.718. The molecule has 0 spiro atoms. The summed E-state index contributed by atoms with van der Waals surface area (Å²) < 4.78 is 0. The van der Waals surface area contributed by atoms with Crippen LogP contribution in [-0.4, -0.2) is 28.8 Å². The second kappa shape index (κ2) is 7.66. The molecule has 0 aliphatic rings. The minimum atomic E-state index is -1.06. The molecule has 0 unspecified atom stereocenters. The van der Waals surface area contributed by atoms with Gasteiger partial charge in [-0.1, -0.05) is 48.5 Å². The number of rotatable bonds is 6. The van der Waals surface area contributed by atoms with E-state index in [1.165, 1.54) is 0 Å². The normalized spacial score (nSPS) is 11.7. The van der Waals surface area contributed by atoms with Gasteiger partial charge in [-0.15, -0.1) is 0 Å². The predicted octanol–water partition coefficient (Wildman–Crippen LogP) is 2.86. The minimum absolute atomic E-state index is 0.275. The van der Waals surface area contributed by atoms with E-state index in [9.17, 15) is 9.59 Å². The Kier molecular flexibility index (Phi) is 5.61. The molecular formula is C17H17NO3S. The average molecular weight is 315 g/mol. The molecule has 0 heterocycles. The van der Waals surface area contributed by atoms with Crippen LogP contribution in [-0.2, 0) is 4.79 Å². The molecule has 2 rings (SSSR count). The molecular weight excluding hydrogens is 298 g/mol. The fourth-order valence-electron chi connectivity index (χ4n) is 2.17. The number of thiol groups is 1. The lowest BCUT2D eigenvalue weighted by molar-refractivity contribution is -0.139. The largest absolute Gasteiger partial charge is 0.480 e. The molecule has 2 aromatic rings. The monoisotopic (exact) mass is 315 g/mol. The van der Waals surface area contributed by atoms with E-state index in [1.54, 1.807) is 12.1 Å². The molecule has 0 saturated heterocycles. The molecule has 1 atom stereocenters. The summed E-state index contributed by atoms with van der Waals surface area (Å²) in [7, 11) is 0. The van der Waals surface area contributed by atoms with Gasteiger partial charge >= 0.3 is 5.97 Å². The van der Waals surface area contributed by atoms with Crippen LogP contribution in [0.5, 0.6) is 0 Å². The van der Waals surface area contributed by atoms with Crippen molar-refractivity contribution < 1.29 is 14.7 Å². The van der Waals surface area contributed by atoms with Gasteiger partial charge in [-0.3, -0.25) is 4.79 Å². The van der Waals surface area contributed by atoms with Gasteiger partial charge in [-0.05, 0) is 29.4 Å². The summed E-state index contributed by atoms with van der Waals surface area (Å²) in [5.41, 5.74) is 2.14. The van der Waals surface area contributed by atoms with Crippen LogP contribution in [0.1, 0.15) is 16.8 Å². The van der Waals surface area contributed by atoms with Gasteiger partial charge in [0.25, 0.3) is 5.91 Å². The summed E-state index contributed by atoms with van der Waals surface area (Å²) in [5, 5.41) is 11.7. The topological polar surface area (TPSA) is 66.4 Å². The highest BCUT2D eigenvalue weighted by molar-refractivity contribution is 7.80. The van der Waals surface area contributed by atoms with E-state index >= 15 is 0 Å². The van der Waals surface area contributed by atoms with Gasteiger partial charge in [0.05, 0.1) is 0 Å². The van der Waals surface area contributed by atoms with E-state index in [0.29, 0.717) is 11.3 Å². The van der Waals surface area contributed by atoms with Crippen molar-refractivity contribution in [3.63, 3.8) is 0 Å². The molecule has 5 heteroatoms. The van der Waals surface area contributed by atoms with Crippen molar-refractivity contribution in [2.45, 2.75) is 12.5 Å². The Balaban J connectivity index is 2.29. The Hall–Kier alpha value is -2.27. The van der Waals surface area contributed by atoms with E-state index in [-0.39, 0.29) is 6.42 Å². The maximum atomic E-state index is 12.4. The predicted molar refractivity (Wildman–Crippen MR) is 89.2 cm³/mol. The number of hydrogen-bond donors (Lipinski definition) is 3. The van der Waals surface area contributed by atoms with E-state index < -0.39 is 17.9 Å². The molecule has 2 aromatic carbocycles. The minimum Gasteiger partial charge on any atom is -0.480 e. The zero-order valence-electron chi connectivity index (χ0n) is 11.9. The Labute approximate surface area is 134 Å². The van der Waals surface area contributed by atoms with Crippen LogP contribution in [0.4, 0.5) is 0 Å². The van der Waals surface area contributed by atoms with Crippen molar-refractivity contribution in [3.8, 4) is 11.1 Å². The molecule has 0 saturated carbocycles. The summed E-state index contributed by atoms with van der Waals surface area (Å²) in [6.45, 7) is 0. The first-order chi connectivity index (χ1) is 10.6. The molecule has 22 heavy (non-hydrogen) atoms. The van der Waals surface area contributed by atoms with Crippen molar-refractivity contribution in [2.75, 3.05) is 5.75 Å². The van der Waals surface area contributed by atoms with Crippen molar-refractivity contribution in [1.29, 1.82) is 0 Å². The van der Waals surface area contributed by atoms with Gasteiger partial charge in [0.2, 0.25) is 0 Å². The number of nitrogens with one attached hydrogen (secondary N) is 1. The molecule has 0 bridgehead atoms. The molecule has 4 nitrogen and oxygen atoms in total. The number of benzene rings is 2. The lowest BCUT2D eigenvalue weighted by Crippen LogP contribution is -2.41. The highest BCUT2D eigenvalue weighted by Crippen LogP contribution is 2.23. The summed E-state index contributed by atoms with van der Waals surface area (Å²) in [4.78, 5) is 23.6. The molecule has 0 radical (unpaired) electrons. The second-order valence-electron chi connectivity index (χ2n) is 4.79.